The minimum Gasteiger partial charge on any atom is -0.389 e. The van der Waals surface area contributed by atoms with Crippen molar-refractivity contribution in [3.05, 3.63) is 167 Å². The maximum atomic E-state index is 15.2. The zero-order valence-corrected chi connectivity index (χ0v) is 71.1. The van der Waals surface area contributed by atoms with Crippen LogP contribution in [-0.2, 0) is 31.2 Å². The molecule has 2 atom stereocenters. The van der Waals surface area contributed by atoms with Gasteiger partial charge < -0.3 is 51.3 Å². The number of β-amino-alcohol motifs (C(OH)–C–C–N with tert-alkyl or cyclic N) is 2. The van der Waals surface area contributed by atoms with E-state index in [1.165, 1.54) is 29.3 Å². The van der Waals surface area contributed by atoms with Gasteiger partial charge in [0, 0.05) is 106 Å². The number of aliphatic hydroxyl groups excluding tert-OH is 2. The van der Waals surface area contributed by atoms with Gasteiger partial charge in [0.15, 0.2) is 23.3 Å². The van der Waals surface area contributed by atoms with E-state index in [1.54, 1.807) is 27.1 Å². The molecule has 12 heterocycles. The molecule has 29 nitrogen and oxygen atoms in total. The third-order valence-electron chi connectivity index (χ3n) is 22.9. The Hall–Kier alpha value is -8.09. The molecule has 116 heavy (non-hydrogen) atoms. The predicted octanol–water partition coefficient (Wildman–Crippen LogP) is 13.4. The number of ether oxygens (including phenoxy) is 1. The zero-order chi connectivity index (χ0) is 82.0. The molecule has 10 N–H and O–H groups in total. The second kappa shape index (κ2) is 38.8. The van der Waals surface area contributed by atoms with E-state index < -0.39 is 32.3 Å². The summed E-state index contributed by atoms with van der Waals surface area (Å²) < 4.78 is 75.7. The van der Waals surface area contributed by atoms with Gasteiger partial charge in [-0.3, -0.25) is 20.2 Å². The summed E-state index contributed by atoms with van der Waals surface area (Å²) in [5, 5.41) is 57.7. The second-order valence-electron chi connectivity index (χ2n) is 31.7. The second-order valence-corrected chi connectivity index (χ2v) is 37.0. The first-order valence-corrected chi connectivity index (χ1v) is 44.5. The fraction of sp³-hybridized carbons (Fsp3) is 0.519. The van der Waals surface area contributed by atoms with Crippen LogP contribution in [0.3, 0.4) is 0 Å². The van der Waals surface area contributed by atoms with Gasteiger partial charge in [-0.2, -0.15) is 25.3 Å². The molecule has 6 saturated heterocycles. The van der Waals surface area contributed by atoms with Crippen LogP contribution in [0, 0.1) is 61.2 Å². The molecule has 0 radical (unpaired) electrons. The molecule has 624 valence electrons. The number of sulfonamides is 2. The van der Waals surface area contributed by atoms with Gasteiger partial charge in [0.25, 0.3) is 0 Å². The van der Waals surface area contributed by atoms with E-state index in [-0.39, 0.29) is 29.2 Å². The third-order valence-corrected chi connectivity index (χ3v) is 27.7. The van der Waals surface area contributed by atoms with Crippen molar-refractivity contribution in [2.24, 2.45) is 0 Å². The number of hydrogen-bond acceptors (Lipinski definition) is 24. The number of aryl methyl sites for hydroxylation is 8. The van der Waals surface area contributed by atoms with Crippen molar-refractivity contribution in [1.29, 1.82) is 0 Å². The number of H-pyrrole nitrogens is 3. The van der Waals surface area contributed by atoms with Crippen LogP contribution in [-0.4, -0.2) is 232 Å². The number of benzene rings is 3. The average Bonchev–Trinajstić information content (AvgIpc) is 1.57. The lowest BCUT2D eigenvalue weighted by Crippen LogP contribution is -2.43. The van der Waals surface area contributed by atoms with E-state index in [4.69, 9.17) is 39.5 Å². The van der Waals surface area contributed by atoms with Gasteiger partial charge in [-0.25, -0.2) is 49.8 Å². The highest BCUT2D eigenvalue weighted by molar-refractivity contribution is 7.89. The molecule has 0 spiro atoms. The van der Waals surface area contributed by atoms with Crippen molar-refractivity contribution in [3.63, 3.8) is 0 Å². The lowest BCUT2D eigenvalue weighted by Gasteiger charge is -2.39. The summed E-state index contributed by atoms with van der Waals surface area (Å²) >= 11 is 18.9. The fourth-order valence-corrected chi connectivity index (χ4v) is 19.8. The van der Waals surface area contributed by atoms with E-state index in [9.17, 15) is 27.0 Å². The summed E-state index contributed by atoms with van der Waals surface area (Å²) in [7, 11) is -6.54. The molecule has 15 rings (SSSR count). The molecule has 6 fully saturated rings. The highest BCUT2D eigenvalue weighted by atomic mass is 35.5. The molecule has 0 aliphatic carbocycles. The number of aromatic amines is 3. The summed E-state index contributed by atoms with van der Waals surface area (Å²) in [5.74, 6) is 4.22. The van der Waals surface area contributed by atoms with Crippen molar-refractivity contribution in [1.82, 2.24) is 83.8 Å². The molecule has 6 aliphatic rings. The van der Waals surface area contributed by atoms with E-state index in [2.05, 4.69) is 142 Å². The number of likely N-dealkylation sites (tertiary alicyclic amines) is 3. The number of anilines is 10. The Morgan fingerprint density at radius 3 is 1.35 bits per heavy atom. The Labute approximate surface area is 694 Å². The van der Waals surface area contributed by atoms with Crippen molar-refractivity contribution in [2.45, 2.75) is 168 Å². The Balaban J connectivity index is 0.000000152. The summed E-state index contributed by atoms with van der Waals surface area (Å²) in [6, 6.07) is 18.4. The molecular weight excluding hydrogens is 1580 g/mol. The van der Waals surface area contributed by atoms with E-state index in [1.807, 2.05) is 63.8 Å². The smallest absolute Gasteiger partial charge is 0.229 e. The Kier molecular flexibility index (Phi) is 28.7. The Bertz CT molecular complexity index is 5070. The topological polar surface area (TPSA) is 358 Å². The summed E-state index contributed by atoms with van der Waals surface area (Å²) in [5.41, 5.74) is 15.7. The lowest BCUT2D eigenvalue weighted by atomic mass is 9.85. The SMILES string of the molecule is Cc1cc(Cc2nc(Nc3cc(C)c(C4CCN(S(=O)(=O)CCCN5C[C@@H](O)[C@H](O)C5)CC4)cc3C)ncc2Cl)n[nH]1.Cc1cc(Nc2nc(Nc3cc(C)c(C4CCN(C5CCOCC5)CC4)cc3F)ncc2Cl)n[nH]1.Cc1cc(Nc2nc(Nc3cc(C)c(C4CCN(S(=O)(=O)CCCN5CCC5)CC4)cc3C)ncc2Cl)n[nH]1. The Morgan fingerprint density at radius 2 is 0.905 bits per heavy atom. The van der Waals surface area contributed by atoms with Gasteiger partial charge >= 0.3 is 0 Å². The first-order valence-electron chi connectivity index (χ1n) is 40.2. The van der Waals surface area contributed by atoms with Crippen LogP contribution in [0.15, 0.2) is 73.2 Å². The van der Waals surface area contributed by atoms with Crippen LogP contribution in [0.5, 0.6) is 0 Å². The maximum Gasteiger partial charge on any atom is 0.229 e. The number of nitrogens with one attached hydrogen (secondary N) is 8. The average molecular weight is 1690 g/mol. The molecule has 6 aliphatic heterocycles. The molecule has 0 amide bonds. The largest absolute Gasteiger partial charge is 0.389 e. The van der Waals surface area contributed by atoms with Crippen LogP contribution < -0.4 is 26.6 Å². The Morgan fingerprint density at radius 1 is 0.483 bits per heavy atom. The standard InChI is InChI=1S/C29H40ClN7O4S.C27H37ClN8O2S.C25H31ClFN7O/c1-18-12-25(32-29-31-15-24(30)26(33-29)14-22-13-20(3)34-35-22)19(2)11-23(18)21-5-8-37(9-6-21)42(40,41)10-4-7-36-16-27(38)28(39)17-36;1-18-15-24(30-27-29-17-23(28)26(32-27)31-25-16-20(3)33-34-25)19(2)14-22(18)21-6-11-36(12-7-21)39(37,38)13-5-10-35-8-4-9-35;1-15-11-22(29-25-28-14-20(26)24(31-25)30-23-12-16(2)32-33-23)21(27)13-19(15)17-3-7-34(8-4-17)18-5-9-35-10-6-18/h11-13,15,21,27-28,38-39H,4-10,14,16-17H2,1-3H3,(H,34,35)(H,31,32,33);14-17,21H,4-13H2,1-3H3,(H3,29,30,31,32,33,34);11-14,17-18H,3-10H2,1-2H3,(H3,28,29,30,31,32,33)/t27-,28-;;/m1../s1. The van der Waals surface area contributed by atoms with Crippen molar-refractivity contribution in [3.8, 4) is 0 Å². The number of piperidine rings is 3. The van der Waals surface area contributed by atoms with Gasteiger partial charge in [0.1, 0.15) is 15.9 Å². The number of halogens is 4. The van der Waals surface area contributed by atoms with E-state index in [0.29, 0.717) is 145 Å². The van der Waals surface area contributed by atoms with Crippen LogP contribution in [0.4, 0.5) is 62.6 Å². The first-order chi connectivity index (χ1) is 55.6. The summed E-state index contributed by atoms with van der Waals surface area (Å²) in [6.07, 6.45) is 13.6. The monoisotopic (exact) mass is 1690 g/mol. The molecule has 6 aromatic heterocycles. The minimum absolute atomic E-state index is 0.0781. The molecule has 0 unspecified atom stereocenters. The van der Waals surface area contributed by atoms with Crippen LogP contribution in [0.1, 0.15) is 161 Å². The van der Waals surface area contributed by atoms with Gasteiger partial charge in [-0.15, -0.1) is 0 Å². The normalized spacial score (nSPS) is 18.8. The summed E-state index contributed by atoms with van der Waals surface area (Å²) in [4.78, 5) is 33.4. The van der Waals surface area contributed by atoms with Crippen LogP contribution >= 0.6 is 34.8 Å². The van der Waals surface area contributed by atoms with Crippen LogP contribution in [0.25, 0.3) is 0 Å². The number of rotatable bonds is 26. The van der Waals surface area contributed by atoms with Crippen molar-refractivity contribution >= 4 is 113 Å². The first kappa shape index (κ1) is 85.8. The molecular formula is C81H108Cl3FN22O7S2. The molecule has 35 heteroatoms. The third kappa shape index (κ3) is 22.4. The maximum absolute atomic E-state index is 15.2. The highest BCUT2D eigenvalue weighted by Crippen LogP contribution is 2.40. The summed E-state index contributed by atoms with van der Waals surface area (Å²) in [6.45, 7) is 26.5. The number of aliphatic hydroxyl groups is 2. The van der Waals surface area contributed by atoms with Gasteiger partial charge in [0.2, 0.25) is 37.9 Å². The predicted molar refractivity (Wildman–Crippen MR) is 454 cm³/mol. The van der Waals surface area contributed by atoms with Crippen molar-refractivity contribution in [2.75, 3.05) is 130 Å². The fourth-order valence-electron chi connectivity index (χ4n) is 16.3. The minimum atomic E-state index is -3.35. The highest BCUT2D eigenvalue weighted by Gasteiger charge is 2.35. The van der Waals surface area contributed by atoms with Gasteiger partial charge in [0.05, 0.1) is 64.4 Å². The number of aromatic nitrogens is 12. The van der Waals surface area contributed by atoms with Crippen LogP contribution in [0.2, 0.25) is 15.1 Å². The lowest BCUT2D eigenvalue weighted by molar-refractivity contribution is 0.0251. The quantitative estimate of drug-likeness (QED) is 0.0241. The molecule has 9 aromatic rings. The van der Waals surface area contributed by atoms with E-state index >= 15 is 4.39 Å². The zero-order valence-electron chi connectivity index (χ0n) is 67.2. The number of nitrogens with zero attached hydrogens (tertiary/aromatic N) is 14. The molecule has 3 aromatic carbocycles. The van der Waals surface area contributed by atoms with Gasteiger partial charge in [-0.05, 0) is 258 Å². The van der Waals surface area contributed by atoms with Gasteiger partial charge in [-0.1, -0.05) is 46.9 Å². The van der Waals surface area contributed by atoms with E-state index in [0.717, 1.165) is 159 Å². The molecule has 0 bridgehead atoms. The number of hydrogen-bond donors (Lipinski definition) is 10. The molecule has 0 saturated carbocycles. The van der Waals surface area contributed by atoms with Crippen molar-refractivity contribution < 1.29 is 36.2 Å².